The fourth-order valence-corrected chi connectivity index (χ4v) is 2.93. The van der Waals surface area contributed by atoms with Gasteiger partial charge in [-0.05, 0) is 73.6 Å². The lowest BCUT2D eigenvalue weighted by atomic mass is 9.74. The molecule has 3 unspecified atom stereocenters. The number of hydrogen-bond donors (Lipinski definition) is 2. The molecule has 0 aliphatic heterocycles. The zero-order valence-electron chi connectivity index (χ0n) is 20.6. The highest BCUT2D eigenvalue weighted by Crippen LogP contribution is 2.37. The summed E-state index contributed by atoms with van der Waals surface area (Å²) in [6.45, 7) is 25.3. The highest BCUT2D eigenvalue weighted by atomic mass is 16.5. The normalized spacial score (nSPS) is 17.5. The van der Waals surface area contributed by atoms with Crippen LogP contribution >= 0.6 is 0 Å². The monoisotopic (exact) mass is 402 g/mol. The third-order valence-electron chi connectivity index (χ3n) is 6.26. The van der Waals surface area contributed by atoms with Crippen molar-refractivity contribution in [1.29, 1.82) is 0 Å². The molecule has 0 saturated heterocycles. The van der Waals surface area contributed by atoms with Crippen LogP contribution < -0.4 is 11.5 Å². The minimum absolute atomic E-state index is 0.0308. The maximum Gasteiger partial charge on any atom is 0.0678 e. The van der Waals surface area contributed by atoms with E-state index in [4.69, 9.17) is 25.7 Å². The summed E-state index contributed by atoms with van der Waals surface area (Å²) in [4.78, 5) is 0. The molecule has 0 radical (unpaired) electrons. The molecule has 0 aromatic rings. The molecule has 170 valence electrons. The van der Waals surface area contributed by atoms with E-state index in [2.05, 4.69) is 62.3 Å². The first kappa shape index (κ1) is 27.8. The zero-order chi connectivity index (χ0) is 22.4. The van der Waals surface area contributed by atoms with Gasteiger partial charge in [0, 0.05) is 24.6 Å². The zero-order valence-corrected chi connectivity index (χ0v) is 20.6. The molecular formula is C23H50N2O3. The van der Waals surface area contributed by atoms with Crippen molar-refractivity contribution in [3.8, 4) is 0 Å². The Balaban J connectivity index is 4.61. The second kappa shape index (κ2) is 10.7. The second-order valence-corrected chi connectivity index (χ2v) is 11.0. The quantitative estimate of drug-likeness (QED) is 0.447. The summed E-state index contributed by atoms with van der Waals surface area (Å²) < 4.78 is 18.5. The van der Waals surface area contributed by atoms with Crippen LogP contribution in [0.2, 0.25) is 0 Å². The third-order valence-corrected chi connectivity index (χ3v) is 6.26. The first-order valence-electron chi connectivity index (χ1n) is 10.8. The molecule has 5 heteroatoms. The van der Waals surface area contributed by atoms with Crippen molar-refractivity contribution >= 4 is 0 Å². The van der Waals surface area contributed by atoms with Gasteiger partial charge in [-0.3, -0.25) is 0 Å². The van der Waals surface area contributed by atoms with Crippen LogP contribution in [-0.4, -0.2) is 48.7 Å². The number of hydrogen-bond acceptors (Lipinski definition) is 5. The summed E-state index contributed by atoms with van der Waals surface area (Å²) in [6.07, 6.45) is 1.75. The van der Waals surface area contributed by atoms with Gasteiger partial charge in [0.1, 0.15) is 0 Å². The predicted octanol–water partition coefficient (Wildman–Crippen LogP) is 4.51. The molecule has 0 fully saturated rings. The van der Waals surface area contributed by atoms with Crippen molar-refractivity contribution in [3.05, 3.63) is 0 Å². The van der Waals surface area contributed by atoms with Gasteiger partial charge in [0.05, 0.1) is 30.0 Å². The molecule has 0 aromatic heterocycles. The lowest BCUT2D eigenvalue weighted by Gasteiger charge is -2.43. The molecule has 0 amide bonds. The van der Waals surface area contributed by atoms with Gasteiger partial charge in [0.15, 0.2) is 0 Å². The van der Waals surface area contributed by atoms with Crippen LogP contribution in [0.15, 0.2) is 0 Å². The van der Waals surface area contributed by atoms with Crippen LogP contribution in [0, 0.1) is 11.3 Å². The fourth-order valence-electron chi connectivity index (χ4n) is 2.93. The van der Waals surface area contributed by atoms with Crippen LogP contribution in [0.5, 0.6) is 0 Å². The van der Waals surface area contributed by atoms with E-state index in [0.29, 0.717) is 19.8 Å². The largest absolute Gasteiger partial charge is 0.375 e. The third kappa shape index (κ3) is 10.0. The van der Waals surface area contributed by atoms with Gasteiger partial charge in [0.2, 0.25) is 0 Å². The van der Waals surface area contributed by atoms with Crippen molar-refractivity contribution < 1.29 is 14.2 Å². The van der Waals surface area contributed by atoms with E-state index < -0.39 is 0 Å². The molecule has 0 saturated carbocycles. The van der Waals surface area contributed by atoms with Gasteiger partial charge in [-0.15, -0.1) is 0 Å². The molecular weight excluding hydrogens is 352 g/mol. The topological polar surface area (TPSA) is 79.7 Å². The lowest BCUT2D eigenvalue weighted by Crippen LogP contribution is -2.45. The molecule has 3 atom stereocenters. The highest BCUT2D eigenvalue weighted by molar-refractivity contribution is 4.88. The standard InChI is InChI=1S/C23H50N2O3/c1-17(15-27-21(6,7)14-18(2)24)22(8,9)26-13-12-20(4,5)23(10,11)28-16-19(3)25/h17-19H,12-16,24-25H2,1-11H3. The Morgan fingerprint density at radius 2 is 1.25 bits per heavy atom. The van der Waals surface area contributed by atoms with E-state index >= 15 is 0 Å². The van der Waals surface area contributed by atoms with E-state index in [0.717, 1.165) is 12.8 Å². The van der Waals surface area contributed by atoms with Gasteiger partial charge < -0.3 is 25.7 Å². The van der Waals surface area contributed by atoms with Crippen molar-refractivity contribution in [2.45, 2.75) is 118 Å². The Bertz CT molecular complexity index is 443. The van der Waals surface area contributed by atoms with Crippen LogP contribution in [0.25, 0.3) is 0 Å². The molecule has 5 nitrogen and oxygen atoms in total. The fraction of sp³-hybridized carbons (Fsp3) is 1.00. The molecule has 0 rings (SSSR count). The van der Waals surface area contributed by atoms with Crippen molar-refractivity contribution in [2.75, 3.05) is 19.8 Å². The Morgan fingerprint density at radius 1 is 0.714 bits per heavy atom. The summed E-state index contributed by atoms with van der Waals surface area (Å²) >= 11 is 0. The average molecular weight is 403 g/mol. The molecule has 0 spiro atoms. The van der Waals surface area contributed by atoms with Gasteiger partial charge in [-0.2, -0.15) is 0 Å². The van der Waals surface area contributed by atoms with E-state index in [1.54, 1.807) is 0 Å². The summed E-state index contributed by atoms with van der Waals surface area (Å²) in [7, 11) is 0. The van der Waals surface area contributed by atoms with E-state index in [1.165, 1.54) is 0 Å². The van der Waals surface area contributed by atoms with Gasteiger partial charge >= 0.3 is 0 Å². The van der Waals surface area contributed by atoms with Crippen molar-refractivity contribution in [3.63, 3.8) is 0 Å². The van der Waals surface area contributed by atoms with E-state index in [9.17, 15) is 0 Å². The molecule has 0 aliphatic carbocycles. The second-order valence-electron chi connectivity index (χ2n) is 11.0. The van der Waals surface area contributed by atoms with E-state index in [-0.39, 0.29) is 40.2 Å². The van der Waals surface area contributed by atoms with Crippen LogP contribution in [0.3, 0.4) is 0 Å². The number of ether oxygens (including phenoxy) is 3. The lowest BCUT2D eigenvalue weighted by molar-refractivity contribution is -0.134. The molecule has 0 aliphatic rings. The van der Waals surface area contributed by atoms with Crippen LogP contribution in [-0.2, 0) is 14.2 Å². The Hall–Kier alpha value is -0.200. The SMILES string of the molecule is CC(N)COC(C)(C)C(C)(C)CCOC(C)(C)C(C)COC(C)(C)CC(C)N. The summed E-state index contributed by atoms with van der Waals surface area (Å²) in [5, 5.41) is 0. The summed E-state index contributed by atoms with van der Waals surface area (Å²) in [5.74, 6) is 0.269. The Morgan fingerprint density at radius 3 is 1.71 bits per heavy atom. The predicted molar refractivity (Wildman–Crippen MR) is 120 cm³/mol. The maximum absolute atomic E-state index is 6.31. The Kier molecular flexibility index (Phi) is 10.6. The molecule has 0 bridgehead atoms. The number of rotatable bonds is 14. The highest BCUT2D eigenvalue weighted by Gasteiger charge is 2.38. The smallest absolute Gasteiger partial charge is 0.0678 e. The minimum Gasteiger partial charge on any atom is -0.375 e. The van der Waals surface area contributed by atoms with Crippen LogP contribution in [0.1, 0.15) is 89.0 Å². The molecule has 28 heavy (non-hydrogen) atoms. The molecule has 0 heterocycles. The van der Waals surface area contributed by atoms with Gasteiger partial charge in [0.25, 0.3) is 0 Å². The number of nitrogens with two attached hydrogens (primary N) is 2. The summed E-state index contributed by atoms with van der Waals surface area (Å²) in [5.41, 5.74) is 11.0. The van der Waals surface area contributed by atoms with E-state index in [1.807, 2.05) is 13.8 Å². The van der Waals surface area contributed by atoms with Crippen LogP contribution in [0.4, 0.5) is 0 Å². The van der Waals surface area contributed by atoms with Gasteiger partial charge in [-0.1, -0.05) is 20.8 Å². The summed E-state index contributed by atoms with van der Waals surface area (Å²) in [6, 6.07) is 0.169. The first-order valence-corrected chi connectivity index (χ1v) is 10.8. The first-order chi connectivity index (χ1) is 12.4. The molecule has 0 aromatic carbocycles. The maximum atomic E-state index is 6.31. The van der Waals surface area contributed by atoms with Crippen molar-refractivity contribution in [2.24, 2.45) is 22.8 Å². The Labute approximate surface area is 175 Å². The minimum atomic E-state index is -0.272. The molecule has 4 N–H and O–H groups in total. The average Bonchev–Trinajstić information content (AvgIpc) is 2.48. The van der Waals surface area contributed by atoms with Gasteiger partial charge in [-0.25, -0.2) is 0 Å². The van der Waals surface area contributed by atoms with Crippen molar-refractivity contribution in [1.82, 2.24) is 0 Å².